The summed E-state index contributed by atoms with van der Waals surface area (Å²) in [5.74, 6) is 1.24. The molecule has 0 unspecified atom stereocenters. The Hall–Kier alpha value is -3.26. The third-order valence-corrected chi connectivity index (χ3v) is 3.83. The van der Waals surface area contributed by atoms with Crippen molar-refractivity contribution < 1.29 is 9.47 Å². The van der Waals surface area contributed by atoms with Crippen LogP contribution in [0.2, 0.25) is 0 Å². The lowest BCUT2D eigenvalue weighted by molar-refractivity contribution is 0.269. The number of nitrogens with zero attached hydrogens (tertiary/aromatic N) is 3. The van der Waals surface area contributed by atoms with Crippen molar-refractivity contribution in [2.45, 2.75) is 13.5 Å². The van der Waals surface area contributed by atoms with Crippen molar-refractivity contribution in [1.82, 2.24) is 14.9 Å². The molecule has 0 saturated carbocycles. The van der Waals surface area contributed by atoms with Gasteiger partial charge in [-0.25, -0.2) is 0 Å². The number of ether oxygens (including phenoxy) is 2. The Labute approximate surface area is 160 Å². The van der Waals surface area contributed by atoms with Gasteiger partial charge in [-0.15, -0.1) is 0 Å². The number of benzene rings is 2. The highest BCUT2D eigenvalue weighted by Crippen LogP contribution is 2.28. The molecule has 0 aliphatic heterocycles. The second-order valence-electron chi connectivity index (χ2n) is 5.48. The van der Waals surface area contributed by atoms with E-state index >= 15 is 0 Å². The number of H-pyrrole nitrogens is 1. The van der Waals surface area contributed by atoms with Gasteiger partial charge in [0, 0.05) is 0 Å². The lowest BCUT2D eigenvalue weighted by atomic mass is 10.2. The number of hydrogen-bond acceptors (Lipinski definition) is 6. The molecule has 0 radical (unpaired) electrons. The average molecular weight is 382 g/mol. The SMILES string of the molecule is CCOc1cc(/C=N/n2c(=O)cn[nH]c2=S)ccc1OCc1ccccc1. The van der Waals surface area contributed by atoms with Crippen LogP contribution in [0, 0.1) is 4.77 Å². The molecule has 2 aromatic carbocycles. The first-order valence-corrected chi connectivity index (χ1v) is 8.73. The Morgan fingerprint density at radius 2 is 2.00 bits per heavy atom. The summed E-state index contributed by atoms with van der Waals surface area (Å²) in [6.07, 6.45) is 2.63. The third kappa shape index (κ3) is 4.89. The number of aromatic nitrogens is 3. The normalized spacial score (nSPS) is 10.9. The lowest BCUT2D eigenvalue weighted by Crippen LogP contribution is -2.18. The second-order valence-corrected chi connectivity index (χ2v) is 5.87. The number of rotatable bonds is 7. The molecule has 0 atom stereocenters. The predicted octanol–water partition coefficient (Wildman–Crippen LogP) is 3.16. The largest absolute Gasteiger partial charge is 0.490 e. The Kier molecular flexibility index (Phi) is 6.11. The zero-order valence-corrected chi connectivity index (χ0v) is 15.5. The van der Waals surface area contributed by atoms with E-state index in [2.05, 4.69) is 15.3 Å². The first-order valence-electron chi connectivity index (χ1n) is 8.32. The predicted molar refractivity (Wildman–Crippen MR) is 105 cm³/mol. The molecule has 0 fully saturated rings. The molecule has 27 heavy (non-hydrogen) atoms. The number of aromatic amines is 1. The molecule has 0 aliphatic rings. The fraction of sp³-hybridized carbons (Fsp3) is 0.158. The number of hydrogen-bond donors (Lipinski definition) is 1. The molecule has 1 heterocycles. The molecule has 0 amide bonds. The van der Waals surface area contributed by atoms with E-state index in [9.17, 15) is 4.79 Å². The van der Waals surface area contributed by atoms with Crippen molar-refractivity contribution in [1.29, 1.82) is 0 Å². The summed E-state index contributed by atoms with van der Waals surface area (Å²) in [6, 6.07) is 15.3. The van der Waals surface area contributed by atoms with Gasteiger partial charge in [-0.2, -0.15) is 14.9 Å². The summed E-state index contributed by atoms with van der Waals surface area (Å²) in [6.45, 7) is 2.84. The van der Waals surface area contributed by atoms with Crippen molar-refractivity contribution in [3.05, 3.63) is 81.0 Å². The maximum Gasteiger partial charge on any atom is 0.293 e. The van der Waals surface area contributed by atoms with Gasteiger partial charge >= 0.3 is 0 Å². The van der Waals surface area contributed by atoms with E-state index in [1.165, 1.54) is 6.21 Å². The van der Waals surface area contributed by atoms with E-state index < -0.39 is 5.56 Å². The van der Waals surface area contributed by atoms with Gasteiger partial charge in [0.05, 0.1) is 12.8 Å². The van der Waals surface area contributed by atoms with E-state index in [-0.39, 0.29) is 4.77 Å². The second kappa shape index (κ2) is 8.91. The topological polar surface area (TPSA) is 81.5 Å². The molecule has 3 rings (SSSR count). The fourth-order valence-corrected chi connectivity index (χ4v) is 2.50. The van der Waals surface area contributed by atoms with E-state index in [1.807, 2.05) is 49.4 Å². The van der Waals surface area contributed by atoms with Gasteiger partial charge < -0.3 is 9.47 Å². The summed E-state index contributed by atoms with van der Waals surface area (Å²) < 4.78 is 12.7. The highest BCUT2D eigenvalue weighted by atomic mass is 32.1. The molecule has 0 saturated heterocycles. The van der Waals surface area contributed by atoms with Crippen LogP contribution in [0.1, 0.15) is 18.1 Å². The van der Waals surface area contributed by atoms with E-state index in [1.54, 1.807) is 6.07 Å². The quantitative estimate of drug-likeness (QED) is 0.501. The summed E-state index contributed by atoms with van der Waals surface area (Å²) in [7, 11) is 0. The Morgan fingerprint density at radius 3 is 2.74 bits per heavy atom. The average Bonchev–Trinajstić information content (AvgIpc) is 2.68. The molecule has 8 heteroatoms. The molecular formula is C19H18N4O3S. The van der Waals surface area contributed by atoms with Crippen LogP contribution in [-0.2, 0) is 6.61 Å². The molecule has 7 nitrogen and oxygen atoms in total. The van der Waals surface area contributed by atoms with Crippen molar-refractivity contribution >= 4 is 18.4 Å². The van der Waals surface area contributed by atoms with Crippen LogP contribution in [0.25, 0.3) is 0 Å². The van der Waals surface area contributed by atoms with Crippen molar-refractivity contribution in [2.75, 3.05) is 6.61 Å². The highest BCUT2D eigenvalue weighted by Gasteiger charge is 2.07. The summed E-state index contributed by atoms with van der Waals surface area (Å²) in [4.78, 5) is 11.8. The molecule has 1 aromatic heterocycles. The summed E-state index contributed by atoms with van der Waals surface area (Å²) >= 11 is 5.01. The van der Waals surface area contributed by atoms with Crippen LogP contribution in [0.5, 0.6) is 11.5 Å². The molecule has 0 aliphatic carbocycles. The Morgan fingerprint density at radius 1 is 1.19 bits per heavy atom. The molecule has 138 valence electrons. The fourth-order valence-electron chi connectivity index (χ4n) is 2.31. The van der Waals surface area contributed by atoms with Crippen LogP contribution >= 0.6 is 12.2 Å². The van der Waals surface area contributed by atoms with Gasteiger partial charge in [0.2, 0.25) is 4.77 Å². The first kappa shape index (κ1) is 18.5. The van der Waals surface area contributed by atoms with Gasteiger partial charge in [-0.1, -0.05) is 30.3 Å². The van der Waals surface area contributed by atoms with Crippen LogP contribution in [0.4, 0.5) is 0 Å². The monoisotopic (exact) mass is 382 g/mol. The van der Waals surface area contributed by atoms with Crippen molar-refractivity contribution in [3.63, 3.8) is 0 Å². The maximum atomic E-state index is 11.8. The minimum absolute atomic E-state index is 0.117. The van der Waals surface area contributed by atoms with Gasteiger partial charge in [0.25, 0.3) is 5.56 Å². The molecule has 1 N–H and O–H groups in total. The van der Waals surface area contributed by atoms with Gasteiger partial charge in [-0.3, -0.25) is 9.89 Å². The standard InChI is InChI=1S/C19H18N4O3S/c1-2-25-17-10-15(11-21-23-18(24)12-20-22-19(23)27)8-9-16(17)26-13-14-6-4-3-5-7-14/h3-12H,2,13H2,1H3,(H,22,27)/b21-11+. The molecular weight excluding hydrogens is 364 g/mol. The van der Waals surface area contributed by atoms with E-state index in [4.69, 9.17) is 21.7 Å². The first-order chi connectivity index (χ1) is 13.2. The zero-order valence-electron chi connectivity index (χ0n) is 14.7. The summed E-state index contributed by atoms with van der Waals surface area (Å²) in [5, 5.41) is 10.2. The highest BCUT2D eigenvalue weighted by molar-refractivity contribution is 7.71. The summed E-state index contributed by atoms with van der Waals surface area (Å²) in [5.41, 5.74) is 1.39. The lowest BCUT2D eigenvalue weighted by Gasteiger charge is -2.12. The van der Waals surface area contributed by atoms with Crippen LogP contribution in [0.15, 0.2) is 64.6 Å². The van der Waals surface area contributed by atoms with Crippen molar-refractivity contribution in [2.24, 2.45) is 5.10 Å². The van der Waals surface area contributed by atoms with E-state index in [0.29, 0.717) is 24.7 Å². The minimum atomic E-state index is -0.414. The van der Waals surface area contributed by atoms with Crippen LogP contribution < -0.4 is 15.0 Å². The van der Waals surface area contributed by atoms with Crippen molar-refractivity contribution in [3.8, 4) is 11.5 Å². The molecule has 0 bridgehead atoms. The maximum absolute atomic E-state index is 11.8. The smallest absolute Gasteiger partial charge is 0.293 e. The third-order valence-electron chi connectivity index (χ3n) is 3.56. The number of nitrogens with one attached hydrogen (secondary N) is 1. The molecule has 0 spiro atoms. The van der Waals surface area contributed by atoms with Crippen LogP contribution in [0.3, 0.4) is 0 Å². The van der Waals surface area contributed by atoms with Crippen LogP contribution in [-0.4, -0.2) is 27.7 Å². The molecule has 3 aromatic rings. The van der Waals surface area contributed by atoms with Gasteiger partial charge in [-0.05, 0) is 48.5 Å². The van der Waals surface area contributed by atoms with Gasteiger partial charge in [0.1, 0.15) is 12.8 Å². The van der Waals surface area contributed by atoms with E-state index in [0.717, 1.165) is 22.0 Å². The zero-order chi connectivity index (χ0) is 19.1. The Balaban J connectivity index is 1.81. The minimum Gasteiger partial charge on any atom is -0.490 e. The van der Waals surface area contributed by atoms with Gasteiger partial charge in [0.15, 0.2) is 11.5 Å². The Bertz CT molecular complexity index is 1020.